The Morgan fingerprint density at radius 1 is 1.29 bits per heavy atom. The molecule has 1 atom stereocenters. The van der Waals surface area contributed by atoms with E-state index in [0.29, 0.717) is 17.9 Å². The summed E-state index contributed by atoms with van der Waals surface area (Å²) in [6.07, 6.45) is 0.862. The van der Waals surface area contributed by atoms with Gasteiger partial charge in [-0.2, -0.15) is 0 Å². The molecule has 0 saturated heterocycles. The molecular formula is C12H17NO3S. The molecule has 1 aromatic carbocycles. The molecule has 0 saturated carbocycles. The molecule has 0 aliphatic carbocycles. The molecule has 0 fully saturated rings. The summed E-state index contributed by atoms with van der Waals surface area (Å²) in [5.41, 5.74) is 1.24. The van der Waals surface area contributed by atoms with Crippen molar-refractivity contribution in [2.45, 2.75) is 20.3 Å². The Kier molecular flexibility index (Phi) is 5.69. The average Bonchev–Trinajstić information content (AvgIpc) is 2.30. The van der Waals surface area contributed by atoms with Gasteiger partial charge in [-0.1, -0.05) is 6.92 Å². The smallest absolute Gasteiger partial charge is 0.338 e. The lowest BCUT2D eigenvalue weighted by molar-refractivity contribution is 0.0526. The molecule has 1 rings (SSSR count). The van der Waals surface area contributed by atoms with Crippen LogP contribution in [0.1, 0.15) is 30.6 Å². The largest absolute Gasteiger partial charge is 0.462 e. The van der Waals surface area contributed by atoms with Gasteiger partial charge < -0.3 is 9.46 Å². The minimum Gasteiger partial charge on any atom is -0.462 e. The van der Waals surface area contributed by atoms with Crippen LogP contribution in [0.25, 0.3) is 0 Å². The van der Waals surface area contributed by atoms with E-state index in [1.165, 1.54) is 0 Å². The number of hydrogen-bond acceptors (Lipinski definition) is 3. The average molecular weight is 255 g/mol. The van der Waals surface area contributed by atoms with Gasteiger partial charge in [-0.05, 0) is 37.6 Å². The molecule has 0 radical (unpaired) electrons. The van der Waals surface area contributed by atoms with Gasteiger partial charge in [0.25, 0.3) is 0 Å². The summed E-state index contributed by atoms with van der Waals surface area (Å²) in [5, 5.41) is 0. The van der Waals surface area contributed by atoms with Gasteiger partial charge in [-0.15, -0.1) is 0 Å². The third-order valence-electron chi connectivity index (χ3n) is 2.02. The van der Waals surface area contributed by atoms with Crippen molar-refractivity contribution in [3.8, 4) is 0 Å². The van der Waals surface area contributed by atoms with Crippen LogP contribution in [0.5, 0.6) is 0 Å². The Morgan fingerprint density at radius 3 is 2.47 bits per heavy atom. The molecule has 1 aromatic rings. The van der Waals surface area contributed by atoms with Crippen LogP contribution in [0.4, 0.5) is 5.69 Å². The zero-order chi connectivity index (χ0) is 12.7. The highest BCUT2D eigenvalue weighted by molar-refractivity contribution is 7.86. The first-order valence-electron chi connectivity index (χ1n) is 5.59. The Hall–Kier alpha value is -1.36. The van der Waals surface area contributed by atoms with Crippen LogP contribution in [0.15, 0.2) is 24.3 Å². The Labute approximate surface area is 104 Å². The first-order valence-corrected chi connectivity index (χ1v) is 6.91. The maximum Gasteiger partial charge on any atom is 0.338 e. The molecule has 0 spiro atoms. The minimum atomic E-state index is -1.06. The summed E-state index contributed by atoms with van der Waals surface area (Å²) in [5.74, 6) is 0.272. The molecule has 0 aliphatic rings. The highest BCUT2D eigenvalue weighted by atomic mass is 32.2. The lowest BCUT2D eigenvalue weighted by atomic mass is 10.2. The monoisotopic (exact) mass is 255 g/mol. The Morgan fingerprint density at radius 2 is 1.94 bits per heavy atom. The lowest BCUT2D eigenvalue weighted by Gasteiger charge is -2.06. The fraction of sp³-hybridized carbons (Fsp3) is 0.417. The van der Waals surface area contributed by atoms with E-state index in [1.807, 2.05) is 6.92 Å². The Bertz CT molecular complexity index is 389. The second kappa shape index (κ2) is 7.06. The third-order valence-corrected chi connectivity index (χ3v) is 3.26. The molecule has 0 aromatic heterocycles. The van der Waals surface area contributed by atoms with Crippen LogP contribution in [0, 0.1) is 0 Å². The summed E-state index contributed by atoms with van der Waals surface area (Å²) in [6, 6.07) is 6.76. The van der Waals surface area contributed by atoms with Crippen molar-refractivity contribution >= 4 is 22.6 Å². The number of nitrogens with one attached hydrogen (secondary N) is 1. The number of benzene rings is 1. The summed E-state index contributed by atoms with van der Waals surface area (Å²) < 4.78 is 19.2. The van der Waals surface area contributed by atoms with E-state index in [9.17, 15) is 9.00 Å². The van der Waals surface area contributed by atoms with Crippen molar-refractivity contribution in [3.63, 3.8) is 0 Å². The molecule has 0 heterocycles. The van der Waals surface area contributed by atoms with E-state index in [4.69, 9.17) is 4.74 Å². The van der Waals surface area contributed by atoms with Crippen molar-refractivity contribution in [3.05, 3.63) is 29.8 Å². The topological polar surface area (TPSA) is 55.4 Å². The van der Waals surface area contributed by atoms with Crippen molar-refractivity contribution in [1.82, 2.24) is 0 Å². The zero-order valence-electron chi connectivity index (χ0n) is 10.1. The molecule has 17 heavy (non-hydrogen) atoms. The quantitative estimate of drug-likeness (QED) is 0.794. The normalized spacial score (nSPS) is 11.9. The van der Waals surface area contributed by atoms with Gasteiger partial charge >= 0.3 is 5.97 Å². The predicted octanol–water partition coefficient (Wildman–Crippen LogP) is 2.35. The summed E-state index contributed by atoms with van der Waals surface area (Å²) in [4.78, 5) is 11.4. The minimum absolute atomic E-state index is 0.339. The number of rotatable bonds is 6. The number of ether oxygens (including phenoxy) is 1. The van der Waals surface area contributed by atoms with Gasteiger partial charge in [0.05, 0.1) is 12.2 Å². The van der Waals surface area contributed by atoms with Crippen LogP contribution in [-0.4, -0.2) is 22.5 Å². The Balaban J connectivity index is 2.61. The van der Waals surface area contributed by atoms with Crippen molar-refractivity contribution in [2.75, 3.05) is 17.1 Å². The third kappa shape index (κ3) is 4.56. The molecule has 0 amide bonds. The zero-order valence-corrected chi connectivity index (χ0v) is 10.9. The molecule has 1 unspecified atom stereocenters. The lowest BCUT2D eigenvalue weighted by Crippen LogP contribution is -2.08. The van der Waals surface area contributed by atoms with Gasteiger partial charge in [0.15, 0.2) is 0 Å². The number of esters is 1. The second-order valence-electron chi connectivity index (χ2n) is 3.45. The number of anilines is 1. The summed E-state index contributed by atoms with van der Waals surface area (Å²) in [6.45, 7) is 4.10. The maximum atomic E-state index is 11.4. The molecule has 5 heteroatoms. The number of hydrogen-bond donors (Lipinski definition) is 1. The number of carbonyl (C=O) groups excluding carboxylic acids is 1. The van der Waals surface area contributed by atoms with Gasteiger partial charge in [0.2, 0.25) is 0 Å². The summed E-state index contributed by atoms with van der Waals surface area (Å²) >= 11 is 0. The van der Waals surface area contributed by atoms with Crippen LogP contribution in [-0.2, 0) is 15.7 Å². The van der Waals surface area contributed by atoms with Gasteiger partial charge in [-0.25, -0.2) is 9.00 Å². The van der Waals surface area contributed by atoms with Crippen molar-refractivity contribution < 1.29 is 13.7 Å². The van der Waals surface area contributed by atoms with Crippen LogP contribution in [0.2, 0.25) is 0 Å². The van der Waals surface area contributed by atoms with E-state index in [2.05, 4.69) is 4.72 Å². The molecule has 0 bridgehead atoms. The van der Waals surface area contributed by atoms with Gasteiger partial charge in [-0.3, -0.25) is 0 Å². The van der Waals surface area contributed by atoms with Gasteiger partial charge in [0.1, 0.15) is 11.0 Å². The molecular weight excluding hydrogens is 238 g/mol. The second-order valence-corrected chi connectivity index (χ2v) is 4.75. The SMILES string of the molecule is CCCS(=O)Nc1ccc(C(=O)OCC)cc1. The number of carbonyl (C=O) groups is 1. The predicted molar refractivity (Wildman–Crippen MR) is 69.3 cm³/mol. The highest BCUT2D eigenvalue weighted by Crippen LogP contribution is 2.11. The van der Waals surface area contributed by atoms with Crippen molar-refractivity contribution in [1.29, 1.82) is 0 Å². The summed E-state index contributed by atoms with van der Waals surface area (Å²) in [7, 11) is -1.06. The van der Waals surface area contributed by atoms with Crippen molar-refractivity contribution in [2.24, 2.45) is 0 Å². The maximum absolute atomic E-state index is 11.4. The fourth-order valence-electron chi connectivity index (χ4n) is 1.26. The highest BCUT2D eigenvalue weighted by Gasteiger charge is 2.06. The molecule has 94 valence electrons. The first kappa shape index (κ1) is 13.7. The van der Waals surface area contributed by atoms with Crippen LogP contribution >= 0.6 is 0 Å². The fourth-order valence-corrected chi connectivity index (χ4v) is 2.13. The van der Waals surface area contributed by atoms with E-state index < -0.39 is 11.0 Å². The van der Waals surface area contributed by atoms with E-state index in [1.54, 1.807) is 31.2 Å². The van der Waals surface area contributed by atoms with E-state index >= 15 is 0 Å². The first-order chi connectivity index (χ1) is 8.17. The molecule has 1 N–H and O–H groups in total. The van der Waals surface area contributed by atoms with Crippen LogP contribution in [0.3, 0.4) is 0 Å². The standard InChI is InChI=1S/C12H17NO3S/c1-3-9-17(15)13-11-7-5-10(6-8-11)12(14)16-4-2/h5-8,13H,3-4,9H2,1-2H3. The van der Waals surface area contributed by atoms with Gasteiger partial charge in [0, 0.05) is 11.4 Å². The van der Waals surface area contributed by atoms with E-state index in [-0.39, 0.29) is 5.97 Å². The van der Waals surface area contributed by atoms with Crippen LogP contribution < -0.4 is 4.72 Å². The molecule has 4 nitrogen and oxygen atoms in total. The molecule has 0 aliphatic heterocycles. The van der Waals surface area contributed by atoms with E-state index in [0.717, 1.165) is 12.1 Å².